The number of nitrogens with zero attached hydrogens (tertiary/aromatic N) is 2. The van der Waals surface area contributed by atoms with E-state index in [1.165, 1.54) is 4.70 Å². The van der Waals surface area contributed by atoms with Crippen molar-refractivity contribution in [3.8, 4) is 11.3 Å². The molecule has 0 radical (unpaired) electrons. The number of para-hydroxylation sites is 1. The van der Waals surface area contributed by atoms with Crippen LogP contribution in [0.3, 0.4) is 0 Å². The molecule has 0 N–H and O–H groups in total. The van der Waals surface area contributed by atoms with Crippen LogP contribution in [-0.4, -0.2) is 9.97 Å². The molecule has 0 spiro atoms. The van der Waals surface area contributed by atoms with Gasteiger partial charge in [0, 0.05) is 28.6 Å². The fourth-order valence-electron chi connectivity index (χ4n) is 3.16. The standard InChI is InChI=1S/C20H14N2OS/c1-11-6-7-16(21-10-11)14-5-3-4-13-15-8-19-17(22-12(2)24-19)9-18(15)23-20(13)14/h3-10H,1-2H3. The molecule has 4 heteroatoms. The number of rotatable bonds is 1. The van der Waals surface area contributed by atoms with Gasteiger partial charge in [0.1, 0.15) is 11.2 Å². The van der Waals surface area contributed by atoms with Crippen LogP contribution >= 0.6 is 11.3 Å². The summed E-state index contributed by atoms with van der Waals surface area (Å²) in [5, 5.41) is 3.33. The van der Waals surface area contributed by atoms with Gasteiger partial charge in [-0.3, -0.25) is 4.98 Å². The minimum Gasteiger partial charge on any atom is -0.455 e. The number of hydrogen-bond donors (Lipinski definition) is 0. The van der Waals surface area contributed by atoms with Gasteiger partial charge >= 0.3 is 0 Å². The normalized spacial score (nSPS) is 11.8. The summed E-state index contributed by atoms with van der Waals surface area (Å²) in [4.78, 5) is 9.13. The van der Waals surface area contributed by atoms with Gasteiger partial charge in [0.2, 0.25) is 0 Å². The lowest BCUT2D eigenvalue weighted by Gasteiger charge is -2.02. The predicted octanol–water partition coefficient (Wildman–Crippen LogP) is 5.87. The Kier molecular flexibility index (Phi) is 2.79. The highest BCUT2D eigenvalue weighted by molar-refractivity contribution is 7.18. The van der Waals surface area contributed by atoms with Crippen molar-refractivity contribution in [1.29, 1.82) is 0 Å². The zero-order valence-electron chi connectivity index (χ0n) is 13.3. The molecule has 5 rings (SSSR count). The third kappa shape index (κ3) is 1.96. The first kappa shape index (κ1) is 13.7. The molecule has 0 fully saturated rings. The number of fused-ring (bicyclic) bond motifs is 4. The topological polar surface area (TPSA) is 38.9 Å². The highest BCUT2D eigenvalue weighted by Gasteiger charge is 2.14. The Morgan fingerprint density at radius 1 is 1.00 bits per heavy atom. The smallest absolute Gasteiger partial charge is 0.144 e. The first-order valence-electron chi connectivity index (χ1n) is 7.84. The summed E-state index contributed by atoms with van der Waals surface area (Å²) >= 11 is 1.72. The maximum Gasteiger partial charge on any atom is 0.144 e. The van der Waals surface area contributed by atoms with Gasteiger partial charge in [-0.05, 0) is 37.6 Å². The number of pyridine rings is 1. The first-order chi connectivity index (χ1) is 11.7. The molecule has 0 amide bonds. The average Bonchev–Trinajstić information content (AvgIpc) is 3.11. The quantitative estimate of drug-likeness (QED) is 0.385. The minimum absolute atomic E-state index is 0.877. The van der Waals surface area contributed by atoms with E-state index >= 15 is 0 Å². The number of hydrogen-bond acceptors (Lipinski definition) is 4. The van der Waals surface area contributed by atoms with E-state index in [1.54, 1.807) is 11.3 Å². The summed E-state index contributed by atoms with van der Waals surface area (Å²) < 4.78 is 7.41. The van der Waals surface area contributed by atoms with Crippen molar-refractivity contribution in [2.24, 2.45) is 0 Å². The van der Waals surface area contributed by atoms with Gasteiger partial charge < -0.3 is 4.42 Å². The van der Waals surface area contributed by atoms with Crippen molar-refractivity contribution in [1.82, 2.24) is 9.97 Å². The lowest BCUT2D eigenvalue weighted by molar-refractivity contribution is 0.670. The number of aromatic nitrogens is 2. The van der Waals surface area contributed by atoms with Crippen LogP contribution in [0.5, 0.6) is 0 Å². The molecule has 0 unspecified atom stereocenters. The fraction of sp³-hybridized carbons (Fsp3) is 0.100. The van der Waals surface area contributed by atoms with Crippen LogP contribution in [0.1, 0.15) is 10.6 Å². The van der Waals surface area contributed by atoms with Gasteiger partial charge in [-0.2, -0.15) is 0 Å². The molecule has 0 saturated carbocycles. The third-order valence-electron chi connectivity index (χ3n) is 4.30. The second kappa shape index (κ2) is 4.89. The molecule has 116 valence electrons. The molecular formula is C20H14N2OS. The summed E-state index contributed by atoms with van der Waals surface area (Å²) in [6, 6.07) is 14.6. The van der Waals surface area contributed by atoms with Crippen molar-refractivity contribution in [3.05, 3.63) is 59.2 Å². The van der Waals surface area contributed by atoms with Crippen LogP contribution < -0.4 is 0 Å². The average molecular weight is 330 g/mol. The Bertz CT molecular complexity index is 1220. The summed E-state index contributed by atoms with van der Waals surface area (Å²) in [5.41, 5.74) is 5.87. The minimum atomic E-state index is 0.877. The second-order valence-electron chi connectivity index (χ2n) is 6.05. The molecule has 5 aromatic rings. The monoisotopic (exact) mass is 330 g/mol. The summed E-state index contributed by atoms with van der Waals surface area (Å²) in [6.07, 6.45) is 1.89. The van der Waals surface area contributed by atoms with Gasteiger partial charge in [0.05, 0.1) is 20.9 Å². The highest BCUT2D eigenvalue weighted by Crippen LogP contribution is 2.37. The van der Waals surface area contributed by atoms with Crippen LogP contribution in [0.2, 0.25) is 0 Å². The van der Waals surface area contributed by atoms with Gasteiger partial charge in [-0.25, -0.2) is 4.98 Å². The van der Waals surface area contributed by atoms with E-state index in [-0.39, 0.29) is 0 Å². The van der Waals surface area contributed by atoms with Gasteiger partial charge in [0.15, 0.2) is 0 Å². The number of thiazole rings is 1. The Balaban J connectivity index is 1.85. The molecule has 0 aliphatic rings. The van der Waals surface area contributed by atoms with Crippen LogP contribution in [-0.2, 0) is 0 Å². The van der Waals surface area contributed by atoms with E-state index in [2.05, 4.69) is 40.3 Å². The van der Waals surface area contributed by atoms with E-state index in [0.29, 0.717) is 0 Å². The number of aryl methyl sites for hydroxylation is 2. The molecule has 0 aliphatic carbocycles. The van der Waals surface area contributed by atoms with E-state index in [1.807, 2.05) is 32.2 Å². The molecule has 0 aliphatic heterocycles. The van der Waals surface area contributed by atoms with Crippen LogP contribution in [0, 0.1) is 13.8 Å². The lowest BCUT2D eigenvalue weighted by atomic mass is 10.1. The summed E-state index contributed by atoms with van der Waals surface area (Å²) in [7, 11) is 0. The van der Waals surface area contributed by atoms with Crippen molar-refractivity contribution < 1.29 is 4.42 Å². The third-order valence-corrected chi connectivity index (χ3v) is 5.23. The van der Waals surface area contributed by atoms with E-state index in [0.717, 1.165) is 49.3 Å². The molecule has 3 aromatic heterocycles. The van der Waals surface area contributed by atoms with Crippen LogP contribution in [0.4, 0.5) is 0 Å². The van der Waals surface area contributed by atoms with Crippen LogP contribution in [0.15, 0.2) is 53.1 Å². The van der Waals surface area contributed by atoms with Crippen LogP contribution in [0.25, 0.3) is 43.4 Å². The molecule has 3 nitrogen and oxygen atoms in total. The zero-order valence-corrected chi connectivity index (χ0v) is 14.1. The largest absolute Gasteiger partial charge is 0.455 e. The van der Waals surface area contributed by atoms with Gasteiger partial charge in [-0.15, -0.1) is 11.3 Å². The SMILES string of the molecule is Cc1ccc(-c2cccc3c2oc2cc4nc(C)sc4cc23)nc1. The summed E-state index contributed by atoms with van der Waals surface area (Å²) in [6.45, 7) is 4.08. The van der Waals surface area contributed by atoms with E-state index in [9.17, 15) is 0 Å². The van der Waals surface area contributed by atoms with Crippen molar-refractivity contribution in [2.75, 3.05) is 0 Å². The number of furan rings is 1. The summed E-state index contributed by atoms with van der Waals surface area (Å²) in [5.74, 6) is 0. The van der Waals surface area contributed by atoms with Gasteiger partial charge in [-0.1, -0.05) is 18.2 Å². The molecule has 3 heterocycles. The molecule has 0 bridgehead atoms. The predicted molar refractivity (Wildman–Crippen MR) is 99.6 cm³/mol. The molecule has 0 saturated heterocycles. The van der Waals surface area contributed by atoms with Gasteiger partial charge in [0.25, 0.3) is 0 Å². The molecule has 24 heavy (non-hydrogen) atoms. The Hall–Kier alpha value is -2.72. The molecule has 0 atom stereocenters. The van der Waals surface area contributed by atoms with E-state index in [4.69, 9.17) is 4.42 Å². The number of benzene rings is 2. The Morgan fingerprint density at radius 2 is 1.92 bits per heavy atom. The maximum atomic E-state index is 6.21. The first-order valence-corrected chi connectivity index (χ1v) is 8.66. The molecular weight excluding hydrogens is 316 g/mol. The highest BCUT2D eigenvalue weighted by atomic mass is 32.1. The lowest BCUT2D eigenvalue weighted by Crippen LogP contribution is -1.84. The second-order valence-corrected chi connectivity index (χ2v) is 7.29. The Morgan fingerprint density at radius 3 is 2.75 bits per heavy atom. The van der Waals surface area contributed by atoms with Crippen molar-refractivity contribution in [2.45, 2.75) is 13.8 Å². The zero-order chi connectivity index (χ0) is 16.3. The Labute approximate surface area is 142 Å². The maximum absolute atomic E-state index is 6.21. The van der Waals surface area contributed by atoms with Crippen molar-refractivity contribution in [3.63, 3.8) is 0 Å². The van der Waals surface area contributed by atoms with E-state index < -0.39 is 0 Å². The fourth-order valence-corrected chi connectivity index (χ4v) is 4.01. The molecule has 2 aromatic carbocycles. The van der Waals surface area contributed by atoms with Crippen molar-refractivity contribution >= 4 is 43.5 Å².